The van der Waals surface area contributed by atoms with Crippen LogP contribution in [0.3, 0.4) is 0 Å². The Morgan fingerprint density at radius 3 is 2.60 bits per heavy atom. The molecule has 0 amide bonds. The van der Waals surface area contributed by atoms with Gasteiger partial charge in [-0.15, -0.1) is 0 Å². The summed E-state index contributed by atoms with van der Waals surface area (Å²) in [5.41, 5.74) is 2.09. The van der Waals surface area contributed by atoms with Crippen molar-refractivity contribution in [1.82, 2.24) is 0 Å². The Balaban J connectivity index is 2.50. The maximum absolute atomic E-state index is 9.01. The van der Waals surface area contributed by atoms with E-state index in [1.807, 2.05) is 36.2 Å². The summed E-state index contributed by atoms with van der Waals surface area (Å²) >= 11 is 0. The largest absolute Gasteiger partial charge is 0.409 e. The average molecular weight is 198 g/mol. The summed E-state index contributed by atoms with van der Waals surface area (Å²) in [5.74, 6) is 0.613. The van der Waals surface area contributed by atoms with Crippen molar-refractivity contribution in [3.8, 4) is 0 Å². The van der Waals surface area contributed by atoms with E-state index in [9.17, 15) is 0 Å². The van der Waals surface area contributed by atoms with Crippen LogP contribution in [0.1, 0.15) is 5.56 Å². The van der Waals surface area contributed by atoms with Gasteiger partial charge in [0.25, 0.3) is 0 Å². The zero-order valence-corrected chi connectivity index (χ0v) is 8.31. The molecule has 0 unspecified atom stereocenters. The Labute approximate surface area is 87.2 Å². The molecule has 0 saturated heterocycles. The van der Waals surface area contributed by atoms with Gasteiger partial charge < -0.3 is 10.1 Å². The Bertz CT molecular complexity index is 570. The molecule has 0 aromatic heterocycles. The van der Waals surface area contributed by atoms with Gasteiger partial charge in [0.15, 0.2) is 5.84 Å². The summed E-state index contributed by atoms with van der Waals surface area (Å²) < 4.78 is 0. The molecule has 74 valence electrons. The minimum Gasteiger partial charge on any atom is -0.409 e. The van der Waals surface area contributed by atoms with Crippen molar-refractivity contribution in [3.05, 3.63) is 42.0 Å². The Kier molecular flexibility index (Phi) is 1.51. The molecule has 0 aliphatic carbocycles. The minimum absolute atomic E-state index is 0.613. The number of hydrogen-bond acceptors (Lipinski definition) is 2. The van der Waals surface area contributed by atoms with Crippen LogP contribution in [0.15, 0.2) is 41.6 Å². The van der Waals surface area contributed by atoms with E-state index in [1.165, 1.54) is 5.39 Å². The first kappa shape index (κ1) is 8.29. The van der Waals surface area contributed by atoms with E-state index in [0.717, 1.165) is 16.6 Å². The van der Waals surface area contributed by atoms with Crippen molar-refractivity contribution >= 4 is 22.3 Å². The number of hydrogen-bond donors (Lipinski definition) is 1. The van der Waals surface area contributed by atoms with Crippen LogP contribution in [-0.2, 0) is 0 Å². The van der Waals surface area contributed by atoms with Crippen LogP contribution in [-0.4, -0.2) is 18.1 Å². The fourth-order valence-corrected chi connectivity index (χ4v) is 2.20. The first-order chi connectivity index (χ1) is 7.33. The molecule has 3 heteroatoms. The molecular formula is C12H10N2O. The van der Waals surface area contributed by atoms with Gasteiger partial charge >= 0.3 is 0 Å². The second-order valence-electron chi connectivity index (χ2n) is 3.66. The molecule has 0 saturated carbocycles. The Morgan fingerprint density at radius 1 is 1.13 bits per heavy atom. The molecule has 0 fully saturated rings. The molecule has 15 heavy (non-hydrogen) atoms. The second-order valence-corrected chi connectivity index (χ2v) is 3.66. The van der Waals surface area contributed by atoms with Crippen molar-refractivity contribution in [2.45, 2.75) is 0 Å². The van der Waals surface area contributed by atoms with Crippen molar-refractivity contribution in [2.24, 2.45) is 5.16 Å². The lowest BCUT2D eigenvalue weighted by Crippen LogP contribution is -2.21. The van der Waals surface area contributed by atoms with E-state index in [4.69, 9.17) is 5.21 Å². The second kappa shape index (κ2) is 2.73. The molecule has 3 rings (SSSR count). The summed E-state index contributed by atoms with van der Waals surface area (Å²) in [7, 11) is 1.91. The average Bonchev–Trinajstić information content (AvgIpc) is 2.55. The van der Waals surface area contributed by atoms with Gasteiger partial charge in [-0.3, -0.25) is 0 Å². The topological polar surface area (TPSA) is 35.8 Å². The lowest BCUT2D eigenvalue weighted by atomic mass is 10.1. The molecule has 0 atom stereocenters. The van der Waals surface area contributed by atoms with Gasteiger partial charge in [-0.1, -0.05) is 35.5 Å². The van der Waals surface area contributed by atoms with Crippen LogP contribution >= 0.6 is 0 Å². The molecular weight excluding hydrogens is 188 g/mol. The highest BCUT2D eigenvalue weighted by atomic mass is 16.4. The summed E-state index contributed by atoms with van der Waals surface area (Å²) in [4.78, 5) is 1.90. The quantitative estimate of drug-likeness (QED) is 0.521. The fraction of sp³-hybridized carbons (Fsp3) is 0.0833. The SMILES string of the molecule is CN1/C(=N\O)c2cccc3cccc1c23. The number of anilines is 1. The maximum Gasteiger partial charge on any atom is 0.180 e. The molecule has 0 bridgehead atoms. The van der Waals surface area contributed by atoms with Crippen LogP contribution in [0.4, 0.5) is 5.69 Å². The van der Waals surface area contributed by atoms with Gasteiger partial charge in [0.1, 0.15) is 0 Å². The lowest BCUT2D eigenvalue weighted by molar-refractivity contribution is 0.318. The van der Waals surface area contributed by atoms with Gasteiger partial charge in [-0.05, 0) is 11.5 Å². The third-order valence-corrected chi connectivity index (χ3v) is 2.90. The van der Waals surface area contributed by atoms with Gasteiger partial charge in [0, 0.05) is 18.0 Å². The molecule has 2 aromatic carbocycles. The standard InChI is InChI=1S/C12H10N2O/c1-14-10-7-3-5-8-4-2-6-9(11(8)10)12(14)13-15/h2-7,15H,1H3/b13-12-. The molecule has 3 nitrogen and oxygen atoms in total. The number of rotatable bonds is 0. The molecule has 1 N–H and O–H groups in total. The highest BCUT2D eigenvalue weighted by Gasteiger charge is 2.24. The van der Waals surface area contributed by atoms with Gasteiger partial charge in [-0.2, -0.15) is 0 Å². The van der Waals surface area contributed by atoms with E-state index in [0.29, 0.717) is 5.84 Å². The molecule has 0 spiro atoms. The first-order valence-corrected chi connectivity index (χ1v) is 4.81. The van der Waals surface area contributed by atoms with Gasteiger partial charge in [0.05, 0.1) is 5.69 Å². The van der Waals surface area contributed by atoms with Crippen molar-refractivity contribution in [2.75, 3.05) is 11.9 Å². The summed E-state index contributed by atoms with van der Waals surface area (Å²) in [6, 6.07) is 12.1. The van der Waals surface area contributed by atoms with Gasteiger partial charge in [0.2, 0.25) is 0 Å². The molecule has 1 aliphatic rings. The van der Waals surface area contributed by atoms with E-state index in [1.54, 1.807) is 0 Å². The highest BCUT2D eigenvalue weighted by Crippen LogP contribution is 2.36. The highest BCUT2D eigenvalue weighted by molar-refractivity contribution is 6.26. The zero-order valence-electron chi connectivity index (χ0n) is 8.31. The smallest absolute Gasteiger partial charge is 0.180 e. The van der Waals surface area contributed by atoms with Crippen molar-refractivity contribution in [3.63, 3.8) is 0 Å². The Hall–Kier alpha value is -2.03. The zero-order chi connectivity index (χ0) is 10.4. The predicted molar refractivity (Wildman–Crippen MR) is 60.7 cm³/mol. The van der Waals surface area contributed by atoms with Crippen LogP contribution in [0, 0.1) is 0 Å². The molecule has 0 radical (unpaired) electrons. The number of nitrogens with zero attached hydrogens (tertiary/aromatic N) is 2. The van der Waals surface area contributed by atoms with Crippen molar-refractivity contribution < 1.29 is 5.21 Å². The summed E-state index contributed by atoms with van der Waals surface area (Å²) in [5, 5.41) is 14.7. The number of oxime groups is 1. The third kappa shape index (κ3) is 0.920. The van der Waals surface area contributed by atoms with Crippen LogP contribution < -0.4 is 4.90 Å². The maximum atomic E-state index is 9.01. The van der Waals surface area contributed by atoms with Crippen LogP contribution in [0.2, 0.25) is 0 Å². The van der Waals surface area contributed by atoms with E-state index in [2.05, 4.69) is 17.3 Å². The van der Waals surface area contributed by atoms with Crippen molar-refractivity contribution in [1.29, 1.82) is 0 Å². The molecule has 1 heterocycles. The predicted octanol–water partition coefficient (Wildman–Crippen LogP) is 2.43. The Morgan fingerprint density at radius 2 is 1.87 bits per heavy atom. The van der Waals surface area contributed by atoms with E-state index in [-0.39, 0.29) is 0 Å². The monoisotopic (exact) mass is 198 g/mol. The summed E-state index contributed by atoms with van der Waals surface area (Å²) in [6.45, 7) is 0. The number of amidine groups is 1. The lowest BCUT2D eigenvalue weighted by Gasteiger charge is -2.11. The summed E-state index contributed by atoms with van der Waals surface area (Å²) in [6.07, 6.45) is 0. The molecule has 2 aromatic rings. The van der Waals surface area contributed by atoms with Gasteiger partial charge in [-0.25, -0.2) is 0 Å². The van der Waals surface area contributed by atoms with E-state index < -0.39 is 0 Å². The minimum atomic E-state index is 0.613. The number of benzene rings is 2. The molecule has 1 aliphatic heterocycles. The van der Waals surface area contributed by atoms with E-state index >= 15 is 0 Å². The normalized spacial score (nSPS) is 16.6. The fourth-order valence-electron chi connectivity index (χ4n) is 2.20. The van der Waals surface area contributed by atoms with Crippen LogP contribution in [0.25, 0.3) is 10.8 Å². The van der Waals surface area contributed by atoms with Crippen LogP contribution in [0.5, 0.6) is 0 Å². The third-order valence-electron chi connectivity index (χ3n) is 2.90. The first-order valence-electron chi connectivity index (χ1n) is 4.81.